The lowest BCUT2D eigenvalue weighted by Crippen LogP contribution is -2.37. The van der Waals surface area contributed by atoms with Gasteiger partial charge in [0.25, 0.3) is 0 Å². The van der Waals surface area contributed by atoms with Crippen LogP contribution in [-0.4, -0.2) is 174 Å². The number of aromatic nitrogens is 2. The van der Waals surface area contributed by atoms with Crippen molar-refractivity contribution in [3.05, 3.63) is 91.5 Å². The maximum absolute atomic E-state index is 12.5. The number of aliphatic carboxylic acids is 1. The summed E-state index contributed by atoms with van der Waals surface area (Å²) in [5.41, 5.74) is 9.61. The minimum absolute atomic E-state index is 0.0702. The van der Waals surface area contributed by atoms with Crippen LogP contribution in [0.5, 0.6) is 0 Å². The summed E-state index contributed by atoms with van der Waals surface area (Å²) in [6, 6.07) is 10.3. The average Bonchev–Trinajstić information content (AvgIpc) is 2.23. The number of aryl methyl sites for hydroxylation is 2. The van der Waals surface area contributed by atoms with Crippen LogP contribution in [0.2, 0.25) is 0 Å². The van der Waals surface area contributed by atoms with Gasteiger partial charge in [0.15, 0.2) is 0 Å². The summed E-state index contributed by atoms with van der Waals surface area (Å²) in [7, 11) is 0. The van der Waals surface area contributed by atoms with Crippen LogP contribution in [0.15, 0.2) is 58.4 Å². The van der Waals surface area contributed by atoms with Crippen LogP contribution in [0.1, 0.15) is 108 Å². The van der Waals surface area contributed by atoms with Gasteiger partial charge in [-0.1, -0.05) is 29.6 Å². The molecule has 0 bridgehead atoms. The van der Waals surface area contributed by atoms with E-state index in [0.29, 0.717) is 85.4 Å². The van der Waals surface area contributed by atoms with Crippen molar-refractivity contribution < 1.29 is 95.9 Å². The van der Waals surface area contributed by atoms with Crippen molar-refractivity contribution in [2.75, 3.05) is 85.6 Å². The molecule has 4 aromatic rings. The van der Waals surface area contributed by atoms with Crippen molar-refractivity contribution in [3.8, 4) is 36.0 Å². The number of benzene rings is 2. The van der Waals surface area contributed by atoms with E-state index >= 15 is 0 Å². The van der Waals surface area contributed by atoms with Crippen molar-refractivity contribution in [1.82, 2.24) is 25.1 Å². The van der Waals surface area contributed by atoms with E-state index in [1.165, 1.54) is 12.4 Å². The zero-order valence-electron chi connectivity index (χ0n) is 51.9. The molecule has 0 saturated carbocycles. The zero-order chi connectivity index (χ0) is 68.6. The summed E-state index contributed by atoms with van der Waals surface area (Å²) in [5.74, 6) is 8.30. The molecule has 0 aliphatic carbocycles. The number of fused-ring (bicyclic) bond motifs is 2. The fourth-order valence-electron chi connectivity index (χ4n) is 6.07. The van der Waals surface area contributed by atoms with E-state index in [-0.39, 0.29) is 57.3 Å². The van der Waals surface area contributed by atoms with Gasteiger partial charge >= 0.3 is 36.4 Å². The van der Waals surface area contributed by atoms with Crippen LogP contribution < -0.4 is 43.4 Å². The number of aliphatic hydroxyl groups excluding tert-OH is 2. The van der Waals surface area contributed by atoms with E-state index in [0.717, 1.165) is 0 Å². The molecule has 0 aliphatic rings. The Kier molecular flexibility index (Phi) is 39.8. The predicted octanol–water partition coefficient (Wildman–Crippen LogP) is 3.56. The Morgan fingerprint density at radius 1 is 0.584 bits per heavy atom. The summed E-state index contributed by atoms with van der Waals surface area (Å²) in [4.78, 5) is 89.5. The first-order chi connectivity index (χ1) is 41.5. The van der Waals surface area contributed by atoms with Gasteiger partial charge in [0.1, 0.15) is 53.7 Å². The third-order valence-electron chi connectivity index (χ3n) is 9.53. The normalized spacial score (nSPS) is 10.6. The molecule has 0 unspecified atom stereocenters. The number of nitrogens with zero attached hydrogens (tertiary/aromatic N) is 2. The third kappa shape index (κ3) is 38.2. The highest BCUT2D eigenvalue weighted by Gasteiger charge is 2.29. The molecule has 29 heteroatoms. The number of hydrogen-bond donors (Lipinski definition) is 9. The number of nitrogens with one attached hydrogen (secondary N) is 3. The van der Waals surface area contributed by atoms with E-state index in [1.54, 1.807) is 108 Å². The fraction of sp³-hybridized carbons (Fsp3) is 0.500. The number of carboxylic acids is 3. The van der Waals surface area contributed by atoms with Gasteiger partial charge in [-0.25, -0.2) is 24.0 Å². The molecule has 2 aromatic carbocycles. The number of rotatable bonds is 18. The number of aliphatic hydroxyl groups is 2. The number of amides is 3. The van der Waals surface area contributed by atoms with Crippen molar-refractivity contribution in [3.63, 3.8) is 0 Å². The number of carboxylic acid groups (broad SMARTS) is 3. The molecule has 0 spiro atoms. The van der Waals surface area contributed by atoms with Gasteiger partial charge in [-0.2, -0.15) is 13.2 Å². The Balaban J connectivity index is 0. The van der Waals surface area contributed by atoms with Gasteiger partial charge < -0.3 is 95.3 Å². The van der Waals surface area contributed by atoms with Crippen LogP contribution in [0.25, 0.3) is 21.8 Å². The zero-order valence-corrected chi connectivity index (χ0v) is 51.9. The largest absolute Gasteiger partial charge is 0.542 e. The number of carbonyl (C=O) groups is 6. The van der Waals surface area contributed by atoms with E-state index in [1.807, 2.05) is 13.8 Å². The Hall–Kier alpha value is -8.73. The predicted molar refractivity (Wildman–Crippen MR) is 323 cm³/mol. The highest BCUT2D eigenvalue weighted by molar-refractivity contribution is 5.94. The first-order valence-corrected chi connectivity index (χ1v) is 27.2. The van der Waals surface area contributed by atoms with Gasteiger partial charge in [-0.3, -0.25) is 9.59 Å². The summed E-state index contributed by atoms with van der Waals surface area (Å²) in [5, 5.41) is 51.5. The molecule has 3 amide bonds. The lowest BCUT2D eigenvalue weighted by atomic mass is 10.1. The molecule has 11 N–H and O–H groups in total. The van der Waals surface area contributed by atoms with Gasteiger partial charge in [-0.05, 0) is 113 Å². The molecule has 89 heavy (non-hydrogen) atoms. The summed E-state index contributed by atoms with van der Waals surface area (Å²) < 4.78 is 65.5. The number of terminal acetylenes is 1. The molecule has 4 rings (SSSR count). The highest BCUT2D eigenvalue weighted by Crippen LogP contribution is 2.17. The lowest BCUT2D eigenvalue weighted by Gasteiger charge is -2.19. The van der Waals surface area contributed by atoms with Crippen LogP contribution in [0.4, 0.5) is 27.6 Å². The van der Waals surface area contributed by atoms with Crippen LogP contribution in [0.3, 0.4) is 0 Å². The van der Waals surface area contributed by atoms with Crippen molar-refractivity contribution in [2.45, 2.75) is 112 Å². The average molecular weight is 1260 g/mol. The molecule has 26 nitrogen and oxygen atoms in total. The first kappa shape index (κ1) is 82.3. The second-order valence-electron chi connectivity index (χ2n) is 20.5. The van der Waals surface area contributed by atoms with Crippen LogP contribution in [-0.2, 0) is 46.3 Å². The maximum Gasteiger partial charge on any atom is 0.430 e. The second kappa shape index (κ2) is 43.0. The molecule has 0 fully saturated rings. The first-order valence-electron chi connectivity index (χ1n) is 27.2. The van der Waals surface area contributed by atoms with E-state index in [4.69, 9.17) is 66.4 Å². The van der Waals surface area contributed by atoms with E-state index in [2.05, 4.69) is 45.6 Å². The molecule has 2 heterocycles. The van der Waals surface area contributed by atoms with Crippen molar-refractivity contribution in [1.29, 1.82) is 0 Å². The number of alkyl carbamates (subject to hydrolysis) is 3. The van der Waals surface area contributed by atoms with Crippen LogP contribution in [0, 0.1) is 36.0 Å². The molecule has 0 atom stereocenters. The van der Waals surface area contributed by atoms with Gasteiger partial charge in [-0.15, -0.1) is 6.42 Å². The topological polar surface area (TPSA) is 394 Å². The standard InChI is InChI=1S/C22H26N2O6.C17H18N2O4.C10H17NO3.C7H15NO3.C2HF3O2.C2H7NO/c1-5-24-14-17(20(26)27)19(25)16-13-15(8-9-18(16)24)7-6-11-29-12-10-23-21(28)30-22(2,3)4;1-2-19-11-14(17(21)22)16(20)13-10-12(5-6-15(13)19)4-3-8-23-9-7-18;1-5-7-13-8-6-11-9(12)14-10(2,3)4;1-7(2,3)11-6(10)8-4-5-9;3-2(4,5)1(6)7;3-1-2-4/h8-9,13-14H,5,10-12H2,1-4H3,(H,23,28)(H,26,27);5-6,10-11H,2,7-9,18H2,1H3,(H,21,22);1H,6-8H2,2-4H3,(H,11,12);9H,4-5H2,1-3H3,(H,8,10);(H,6,7);4H,1-3H2/p-1. The Labute approximate surface area is 514 Å². The van der Waals surface area contributed by atoms with Crippen molar-refractivity contribution >= 4 is 58.0 Å². The number of hydrogen-bond acceptors (Lipinski definition) is 19. The number of halogens is 3. The third-order valence-corrected chi connectivity index (χ3v) is 9.53. The minimum atomic E-state index is -5.19. The lowest BCUT2D eigenvalue weighted by molar-refractivity contribution is -0.344. The number of ether oxygens (including phenoxy) is 6. The Morgan fingerprint density at radius 3 is 1.20 bits per heavy atom. The van der Waals surface area contributed by atoms with Gasteiger partial charge in [0.05, 0.1) is 44.1 Å². The molecule has 0 aliphatic heterocycles. The van der Waals surface area contributed by atoms with E-state index < -0.39 is 70.0 Å². The Bertz CT molecular complexity index is 3190. The van der Waals surface area contributed by atoms with E-state index in [9.17, 15) is 56.9 Å². The number of pyridine rings is 2. The molecular weight excluding hydrogens is 1180 g/mol. The molecule has 494 valence electrons. The highest BCUT2D eigenvalue weighted by atomic mass is 19.4. The number of nitrogens with two attached hydrogens (primary N) is 2. The van der Waals surface area contributed by atoms with Crippen molar-refractivity contribution in [2.24, 2.45) is 11.5 Å². The molecular formula is C60H83F3N7O19-. The second-order valence-corrected chi connectivity index (χ2v) is 20.5. The maximum atomic E-state index is 12.5. The SMILES string of the molecule is C#CCOCCNC(=O)OC(C)(C)C.CC(C)(C)OC(=O)NCCO.CCn1cc(C(=O)O)c(=O)c2cc(C#CCOCCN)ccc21.CCn1cc(C(=O)O)c(=O)c2cc(C#CCOCCNC(=O)OC(C)(C)C)ccc21.NCCO.O=C([O-])C(F)(F)F. The van der Waals surface area contributed by atoms with Gasteiger partial charge in [0.2, 0.25) is 10.9 Å². The quantitative estimate of drug-likeness (QED) is 0.0390. The number of carbonyl (C=O) groups excluding carboxylic acids is 4. The molecule has 2 aromatic heterocycles. The molecule has 0 saturated heterocycles. The Morgan fingerprint density at radius 2 is 0.921 bits per heavy atom. The molecule has 0 radical (unpaired) electrons. The van der Waals surface area contributed by atoms with Gasteiger partial charge in [0, 0.05) is 80.1 Å². The smallest absolute Gasteiger partial charge is 0.430 e. The van der Waals surface area contributed by atoms with Crippen LogP contribution >= 0.6 is 0 Å². The summed E-state index contributed by atoms with van der Waals surface area (Å²) in [6.45, 7) is 24.5. The monoisotopic (exact) mass is 1260 g/mol. The fourth-order valence-corrected chi connectivity index (χ4v) is 6.07. The summed E-state index contributed by atoms with van der Waals surface area (Å²) >= 11 is 0. The number of aromatic carboxylic acids is 2. The number of alkyl halides is 3. The summed E-state index contributed by atoms with van der Waals surface area (Å²) in [6.07, 6.45) is 1.06. The minimum Gasteiger partial charge on any atom is -0.542 e.